The first-order chi connectivity index (χ1) is 19.9. The van der Waals surface area contributed by atoms with Crippen LogP contribution < -0.4 is 20.4 Å². The van der Waals surface area contributed by atoms with Crippen LogP contribution >= 0.6 is 39.1 Å². The minimum atomic E-state index is -0.406. The highest BCUT2D eigenvalue weighted by atomic mass is 79.9. The molecule has 0 amide bonds. The Labute approximate surface area is 254 Å². The Kier molecular flexibility index (Phi) is 9.50. The number of aromatic nitrogens is 3. The number of nitrogens with one attached hydrogen (secondary N) is 2. The van der Waals surface area contributed by atoms with Crippen molar-refractivity contribution in [2.45, 2.75) is 13.5 Å². The number of hydrogen-bond acceptors (Lipinski definition) is 9. The summed E-state index contributed by atoms with van der Waals surface area (Å²) in [5.74, 6) is 1.25. The van der Waals surface area contributed by atoms with Gasteiger partial charge in [0.2, 0.25) is 17.8 Å². The number of rotatable bonds is 9. The molecule has 5 rings (SSSR count). The number of aryl methyl sites for hydroxylation is 1. The molecule has 9 nitrogen and oxygen atoms in total. The molecule has 0 aliphatic carbocycles. The number of benzene rings is 3. The molecule has 13 heteroatoms. The lowest BCUT2D eigenvalue weighted by Gasteiger charge is -2.27. The predicted octanol–water partition coefficient (Wildman–Crippen LogP) is 6.99. The van der Waals surface area contributed by atoms with E-state index in [0.717, 1.165) is 15.6 Å². The maximum absolute atomic E-state index is 14.0. The van der Waals surface area contributed by atoms with Gasteiger partial charge in [0.1, 0.15) is 18.2 Å². The van der Waals surface area contributed by atoms with Crippen molar-refractivity contribution in [1.29, 1.82) is 0 Å². The monoisotopic (exact) mass is 659 g/mol. The summed E-state index contributed by atoms with van der Waals surface area (Å²) in [5, 5.41) is 8.46. The van der Waals surface area contributed by atoms with Gasteiger partial charge in [0.05, 0.1) is 30.1 Å². The van der Waals surface area contributed by atoms with E-state index in [-0.39, 0.29) is 12.6 Å². The van der Waals surface area contributed by atoms with Crippen LogP contribution in [-0.2, 0) is 11.3 Å². The molecule has 3 aromatic carbocycles. The summed E-state index contributed by atoms with van der Waals surface area (Å²) in [5.41, 5.74) is 5.66. The van der Waals surface area contributed by atoms with Crippen molar-refractivity contribution >= 4 is 68.9 Å². The van der Waals surface area contributed by atoms with Gasteiger partial charge in [-0.25, -0.2) is 9.82 Å². The summed E-state index contributed by atoms with van der Waals surface area (Å²) < 4.78 is 26.0. The molecule has 0 spiro atoms. The first kappa shape index (κ1) is 29.0. The van der Waals surface area contributed by atoms with Gasteiger partial charge in [0.15, 0.2) is 0 Å². The molecule has 1 saturated heterocycles. The normalized spacial score (nSPS) is 13.4. The Morgan fingerprint density at radius 2 is 1.80 bits per heavy atom. The third-order valence-corrected chi connectivity index (χ3v) is 7.53. The molecule has 1 fully saturated rings. The van der Waals surface area contributed by atoms with Crippen LogP contribution in [0.15, 0.2) is 64.2 Å². The first-order valence-corrected chi connectivity index (χ1v) is 14.2. The largest absolute Gasteiger partial charge is 0.489 e. The lowest BCUT2D eigenvalue weighted by atomic mass is 10.2. The van der Waals surface area contributed by atoms with Crippen LogP contribution in [-0.4, -0.2) is 47.5 Å². The molecular formula is C28H25BrCl2FN7O2. The van der Waals surface area contributed by atoms with Crippen molar-refractivity contribution in [3.8, 4) is 5.75 Å². The average Bonchev–Trinajstić information content (AvgIpc) is 2.97. The van der Waals surface area contributed by atoms with Crippen LogP contribution in [0.25, 0.3) is 0 Å². The number of hydrazone groups is 1. The second-order valence-corrected chi connectivity index (χ2v) is 10.7. The Morgan fingerprint density at radius 3 is 2.56 bits per heavy atom. The first-order valence-electron chi connectivity index (χ1n) is 12.6. The molecule has 0 atom stereocenters. The third-order valence-electron chi connectivity index (χ3n) is 6.12. The van der Waals surface area contributed by atoms with Crippen molar-refractivity contribution in [2.24, 2.45) is 5.10 Å². The van der Waals surface area contributed by atoms with Gasteiger partial charge in [-0.15, -0.1) is 0 Å². The number of nitrogens with zero attached hydrogens (tertiary/aromatic N) is 5. The van der Waals surface area contributed by atoms with E-state index < -0.39 is 5.82 Å². The summed E-state index contributed by atoms with van der Waals surface area (Å²) in [7, 11) is 0. The molecule has 41 heavy (non-hydrogen) atoms. The molecule has 1 aliphatic rings. The number of halogens is 4. The van der Waals surface area contributed by atoms with Crippen molar-refractivity contribution in [3.05, 3.63) is 91.6 Å². The van der Waals surface area contributed by atoms with E-state index >= 15 is 0 Å². The molecule has 2 N–H and O–H groups in total. The van der Waals surface area contributed by atoms with Crippen LogP contribution in [0.1, 0.15) is 16.7 Å². The highest BCUT2D eigenvalue weighted by molar-refractivity contribution is 9.10. The summed E-state index contributed by atoms with van der Waals surface area (Å²) in [6.07, 6.45) is 1.62. The average molecular weight is 661 g/mol. The van der Waals surface area contributed by atoms with Gasteiger partial charge in [-0.3, -0.25) is 0 Å². The minimum absolute atomic E-state index is 0.0209. The molecule has 0 bridgehead atoms. The zero-order chi connectivity index (χ0) is 28.8. The van der Waals surface area contributed by atoms with Crippen LogP contribution in [0.5, 0.6) is 5.75 Å². The molecule has 0 saturated carbocycles. The van der Waals surface area contributed by atoms with Crippen molar-refractivity contribution < 1.29 is 13.9 Å². The highest BCUT2D eigenvalue weighted by Gasteiger charge is 2.17. The Hall–Kier alpha value is -3.51. The summed E-state index contributed by atoms with van der Waals surface area (Å²) in [6, 6.07) is 15.4. The van der Waals surface area contributed by atoms with Crippen LogP contribution in [0, 0.1) is 12.7 Å². The quantitative estimate of drug-likeness (QED) is 0.146. The SMILES string of the molecule is Cc1cc(Br)c(Nc2nc(N/N=C/c3ccc(OCc4c(F)cccc4Cl)cc3)nc(N3CCOCC3)n2)cc1Cl. The number of anilines is 4. The van der Waals surface area contributed by atoms with Crippen LogP contribution in [0.3, 0.4) is 0 Å². The second-order valence-electron chi connectivity index (χ2n) is 9.02. The molecular weight excluding hydrogens is 636 g/mol. The fourth-order valence-corrected chi connectivity index (χ4v) is 4.82. The fraction of sp³-hybridized carbons (Fsp3) is 0.214. The summed E-state index contributed by atoms with van der Waals surface area (Å²) in [4.78, 5) is 15.7. The Balaban J connectivity index is 1.28. The topological polar surface area (TPSA) is 96.8 Å². The van der Waals surface area contributed by atoms with Crippen LogP contribution in [0.4, 0.5) is 27.9 Å². The predicted molar refractivity (Wildman–Crippen MR) is 163 cm³/mol. The van der Waals surface area contributed by atoms with E-state index in [1.54, 1.807) is 30.5 Å². The van der Waals surface area contributed by atoms with E-state index in [0.29, 0.717) is 65.2 Å². The Bertz CT molecular complexity index is 1530. The maximum atomic E-state index is 14.0. The molecule has 1 aromatic heterocycles. The standard InChI is InChI=1S/C28H25BrCl2FN7O2/c1-17-13-21(29)25(14-23(17)31)34-26-35-27(37-28(36-26)39-9-11-40-12-10-39)38-33-15-18-5-7-19(8-6-18)41-16-20-22(30)3-2-4-24(20)32/h2-8,13-15H,9-12,16H2,1H3,(H2,34,35,36,37,38)/b33-15+. The number of ether oxygens (including phenoxy) is 2. The fourth-order valence-electron chi connectivity index (χ4n) is 3.88. The molecule has 212 valence electrons. The van der Waals surface area contributed by atoms with E-state index in [1.807, 2.05) is 36.1 Å². The third kappa shape index (κ3) is 7.62. The van der Waals surface area contributed by atoms with Crippen molar-refractivity contribution in [3.63, 3.8) is 0 Å². The van der Waals surface area contributed by atoms with E-state index in [2.05, 4.69) is 46.7 Å². The van der Waals surface area contributed by atoms with Crippen molar-refractivity contribution in [1.82, 2.24) is 15.0 Å². The maximum Gasteiger partial charge on any atom is 0.250 e. The summed E-state index contributed by atoms with van der Waals surface area (Å²) >= 11 is 16.0. The van der Waals surface area contributed by atoms with Crippen molar-refractivity contribution in [2.75, 3.05) is 41.9 Å². The van der Waals surface area contributed by atoms with Crippen LogP contribution in [0.2, 0.25) is 10.0 Å². The molecule has 2 heterocycles. The van der Waals surface area contributed by atoms with Gasteiger partial charge in [-0.2, -0.15) is 20.1 Å². The van der Waals surface area contributed by atoms with E-state index in [4.69, 9.17) is 32.7 Å². The molecule has 0 unspecified atom stereocenters. The lowest BCUT2D eigenvalue weighted by molar-refractivity contribution is 0.122. The van der Waals surface area contributed by atoms with E-state index in [9.17, 15) is 4.39 Å². The number of hydrogen-bond donors (Lipinski definition) is 2. The van der Waals surface area contributed by atoms with Gasteiger partial charge in [0.25, 0.3) is 0 Å². The Morgan fingerprint density at radius 1 is 1.05 bits per heavy atom. The zero-order valence-corrected chi connectivity index (χ0v) is 25.0. The van der Waals surface area contributed by atoms with Gasteiger partial charge in [-0.1, -0.05) is 29.3 Å². The van der Waals surface area contributed by atoms with Gasteiger partial charge in [-0.05, 0) is 82.5 Å². The summed E-state index contributed by atoms with van der Waals surface area (Å²) in [6.45, 7) is 4.43. The minimum Gasteiger partial charge on any atom is -0.489 e. The lowest BCUT2D eigenvalue weighted by Crippen LogP contribution is -2.37. The van der Waals surface area contributed by atoms with Gasteiger partial charge >= 0.3 is 0 Å². The van der Waals surface area contributed by atoms with Gasteiger partial charge in [0, 0.05) is 28.1 Å². The highest BCUT2D eigenvalue weighted by Crippen LogP contribution is 2.31. The molecule has 0 radical (unpaired) electrons. The zero-order valence-electron chi connectivity index (χ0n) is 21.9. The second kappa shape index (κ2) is 13.4. The molecule has 1 aliphatic heterocycles. The molecule has 4 aromatic rings. The number of morpholine rings is 1. The van der Waals surface area contributed by atoms with E-state index in [1.165, 1.54) is 6.07 Å². The van der Waals surface area contributed by atoms with Gasteiger partial charge < -0.3 is 19.7 Å². The smallest absolute Gasteiger partial charge is 0.250 e.